The van der Waals surface area contributed by atoms with E-state index in [1.165, 1.54) is 83.5 Å². The first kappa shape index (κ1) is 50.5. The molecule has 2 unspecified atom stereocenters. The predicted octanol–water partition coefficient (Wildman–Crippen LogP) is 10.1. The number of hydrogen-bond acceptors (Lipinski definition) is 7. The van der Waals surface area contributed by atoms with E-state index in [1.54, 1.807) is 21.1 Å². The number of likely N-dealkylation sites (N-methyl/N-ethyl adjacent to an activating group) is 1. The number of aliphatic carboxylic acids is 1. The summed E-state index contributed by atoms with van der Waals surface area (Å²) in [5.41, 5.74) is 0. The molecule has 53 heavy (non-hydrogen) atoms. The van der Waals surface area contributed by atoms with Crippen molar-refractivity contribution in [2.75, 3.05) is 41.0 Å². The summed E-state index contributed by atoms with van der Waals surface area (Å²) < 4.78 is 17.1. The van der Waals surface area contributed by atoms with Crippen LogP contribution in [0.5, 0.6) is 0 Å². The van der Waals surface area contributed by atoms with Gasteiger partial charge in [0.1, 0.15) is 12.6 Å². The number of carbonyl (C=O) groups is 3. The number of esters is 2. The number of rotatable bonds is 38. The number of carboxylic acids is 1. The van der Waals surface area contributed by atoms with Crippen LogP contribution in [0.15, 0.2) is 36.5 Å². The van der Waals surface area contributed by atoms with Crippen molar-refractivity contribution in [3.05, 3.63) is 36.5 Å². The third-order valence-electron chi connectivity index (χ3n) is 9.60. The van der Waals surface area contributed by atoms with Crippen LogP contribution in [0.3, 0.4) is 0 Å². The lowest BCUT2D eigenvalue weighted by Gasteiger charge is -2.34. The Hall–Kier alpha value is -2.45. The summed E-state index contributed by atoms with van der Waals surface area (Å²) in [5, 5.41) is 11.6. The maximum absolute atomic E-state index is 12.7. The maximum Gasteiger partial charge on any atom is 0.306 e. The molecule has 8 nitrogen and oxygen atoms in total. The van der Waals surface area contributed by atoms with Crippen molar-refractivity contribution >= 4 is 17.9 Å². The molecule has 0 rings (SSSR count). The van der Waals surface area contributed by atoms with E-state index in [0.717, 1.165) is 64.2 Å². The number of quaternary nitrogens is 1. The molecule has 0 amide bonds. The van der Waals surface area contributed by atoms with E-state index in [4.69, 9.17) is 14.2 Å². The summed E-state index contributed by atoms with van der Waals surface area (Å²) in [7, 11) is 5.40. The average Bonchev–Trinajstić information content (AvgIpc) is 3.11. The predicted molar refractivity (Wildman–Crippen MR) is 217 cm³/mol. The van der Waals surface area contributed by atoms with E-state index in [0.29, 0.717) is 12.8 Å². The first-order valence-corrected chi connectivity index (χ1v) is 21.5. The fourth-order valence-corrected chi connectivity index (χ4v) is 6.25. The highest BCUT2D eigenvalue weighted by atomic mass is 16.6. The molecule has 2 atom stereocenters. The van der Waals surface area contributed by atoms with Crippen molar-refractivity contribution in [1.82, 2.24) is 0 Å². The Kier molecular flexibility index (Phi) is 34.8. The van der Waals surface area contributed by atoms with Gasteiger partial charge < -0.3 is 28.6 Å². The number of nitrogens with zero attached hydrogens (tertiary/aromatic N) is 1. The molecule has 0 bridgehead atoms. The zero-order valence-electron chi connectivity index (χ0n) is 34.9. The van der Waals surface area contributed by atoms with Gasteiger partial charge in [0, 0.05) is 19.3 Å². The van der Waals surface area contributed by atoms with Crippen molar-refractivity contribution in [2.45, 2.75) is 193 Å². The lowest BCUT2D eigenvalue weighted by Crippen LogP contribution is -2.55. The van der Waals surface area contributed by atoms with Gasteiger partial charge in [-0.05, 0) is 32.1 Å². The standard InChI is InChI=1S/C45H81NO7/c1-6-8-10-12-14-16-18-20-21-22-24-25-27-29-31-33-35-43(47)52-40-41(39-51-38-37-42(45(49)50)46(3,4)5)53-44(48)36-34-32-30-28-26-23-19-17-15-13-11-9-7-2/h9,11,13,15,17,19,41-42H,6-8,10,12,14,16,18,20-40H2,1-5H3/b11-9+,15-13+,19-17+. The average molecular weight is 748 g/mol. The Morgan fingerprint density at radius 1 is 0.585 bits per heavy atom. The van der Waals surface area contributed by atoms with E-state index in [1.807, 2.05) is 6.08 Å². The van der Waals surface area contributed by atoms with Gasteiger partial charge in [-0.15, -0.1) is 0 Å². The third-order valence-corrected chi connectivity index (χ3v) is 9.60. The van der Waals surface area contributed by atoms with Gasteiger partial charge in [-0.2, -0.15) is 0 Å². The second-order valence-electron chi connectivity index (χ2n) is 15.6. The van der Waals surface area contributed by atoms with Crippen LogP contribution < -0.4 is 5.11 Å². The van der Waals surface area contributed by atoms with Crippen LogP contribution in [-0.4, -0.2) is 75.5 Å². The number of carboxylic acid groups (broad SMARTS) is 1. The number of hydrogen-bond donors (Lipinski definition) is 0. The molecule has 0 radical (unpaired) electrons. The van der Waals surface area contributed by atoms with Crippen molar-refractivity contribution in [1.29, 1.82) is 0 Å². The third kappa shape index (κ3) is 35.0. The van der Waals surface area contributed by atoms with Crippen molar-refractivity contribution in [2.24, 2.45) is 0 Å². The molecular formula is C45H81NO7. The minimum absolute atomic E-state index is 0.0343. The largest absolute Gasteiger partial charge is 0.544 e. The number of allylic oxidation sites excluding steroid dienone is 6. The highest BCUT2D eigenvalue weighted by Crippen LogP contribution is 2.15. The minimum Gasteiger partial charge on any atom is -0.544 e. The molecule has 0 N–H and O–H groups in total. The monoisotopic (exact) mass is 748 g/mol. The Balaban J connectivity index is 4.35. The van der Waals surface area contributed by atoms with E-state index >= 15 is 0 Å². The van der Waals surface area contributed by atoms with Gasteiger partial charge in [-0.25, -0.2) is 0 Å². The summed E-state index contributed by atoms with van der Waals surface area (Å²) in [6.07, 6.45) is 40.2. The maximum atomic E-state index is 12.7. The summed E-state index contributed by atoms with van der Waals surface area (Å²) in [4.78, 5) is 36.8. The summed E-state index contributed by atoms with van der Waals surface area (Å²) in [6.45, 7) is 4.51. The van der Waals surface area contributed by atoms with Gasteiger partial charge in [0.15, 0.2) is 6.10 Å². The van der Waals surface area contributed by atoms with Crippen LogP contribution in [0.4, 0.5) is 0 Å². The quantitative estimate of drug-likeness (QED) is 0.0268. The minimum atomic E-state index is -1.13. The van der Waals surface area contributed by atoms with Crippen LogP contribution in [0, 0.1) is 0 Å². The Bertz CT molecular complexity index is 968. The van der Waals surface area contributed by atoms with Gasteiger partial charge in [-0.3, -0.25) is 9.59 Å². The van der Waals surface area contributed by atoms with E-state index < -0.39 is 18.1 Å². The van der Waals surface area contributed by atoms with Gasteiger partial charge >= 0.3 is 11.9 Å². The first-order valence-electron chi connectivity index (χ1n) is 21.5. The zero-order valence-corrected chi connectivity index (χ0v) is 34.9. The van der Waals surface area contributed by atoms with Gasteiger partial charge in [0.05, 0.1) is 40.3 Å². The fraction of sp³-hybridized carbons (Fsp3) is 0.800. The molecule has 0 aliphatic carbocycles. The van der Waals surface area contributed by atoms with Crippen molar-refractivity contribution in [3.63, 3.8) is 0 Å². The molecule has 0 saturated carbocycles. The highest BCUT2D eigenvalue weighted by Gasteiger charge is 2.25. The molecule has 0 aliphatic rings. The Morgan fingerprint density at radius 2 is 1.06 bits per heavy atom. The second kappa shape index (κ2) is 36.5. The lowest BCUT2D eigenvalue weighted by atomic mass is 10.0. The van der Waals surface area contributed by atoms with E-state index in [-0.39, 0.29) is 42.7 Å². The van der Waals surface area contributed by atoms with Crippen LogP contribution in [-0.2, 0) is 28.6 Å². The molecule has 0 fully saturated rings. The molecule has 0 aromatic carbocycles. The molecular weight excluding hydrogens is 666 g/mol. The molecule has 0 spiro atoms. The Morgan fingerprint density at radius 3 is 1.55 bits per heavy atom. The number of ether oxygens (including phenoxy) is 3. The molecule has 0 aromatic heterocycles. The van der Waals surface area contributed by atoms with Crippen molar-refractivity contribution < 1.29 is 38.2 Å². The van der Waals surface area contributed by atoms with Crippen LogP contribution in [0.25, 0.3) is 0 Å². The van der Waals surface area contributed by atoms with Crippen molar-refractivity contribution in [3.8, 4) is 0 Å². The lowest BCUT2D eigenvalue weighted by molar-refractivity contribution is -0.889. The molecule has 0 aliphatic heterocycles. The number of carbonyl (C=O) groups excluding carboxylic acids is 3. The highest BCUT2D eigenvalue weighted by molar-refractivity contribution is 5.70. The molecule has 0 aromatic rings. The number of unbranched alkanes of at least 4 members (excludes halogenated alkanes) is 20. The zero-order chi connectivity index (χ0) is 39.3. The summed E-state index contributed by atoms with van der Waals surface area (Å²) in [6, 6.07) is -0.727. The smallest absolute Gasteiger partial charge is 0.306 e. The van der Waals surface area contributed by atoms with Crippen LogP contribution >= 0.6 is 0 Å². The van der Waals surface area contributed by atoms with E-state index in [9.17, 15) is 19.5 Å². The van der Waals surface area contributed by atoms with Crippen LogP contribution in [0.1, 0.15) is 181 Å². The summed E-state index contributed by atoms with van der Waals surface area (Å²) in [5.74, 6) is -1.76. The van der Waals surface area contributed by atoms with Gasteiger partial charge in [0.2, 0.25) is 0 Å². The molecule has 8 heteroatoms. The Labute approximate surface area is 325 Å². The SMILES string of the molecule is CC/C=C/C=C/C=C/CCCCCCCC(=O)OC(COCCC(C(=O)[O-])[N+](C)(C)C)COC(=O)CCCCCCCCCCCCCCCCCC. The first-order chi connectivity index (χ1) is 25.6. The van der Waals surface area contributed by atoms with Crippen LogP contribution in [0.2, 0.25) is 0 Å². The summed E-state index contributed by atoms with van der Waals surface area (Å²) >= 11 is 0. The topological polar surface area (TPSA) is 102 Å². The van der Waals surface area contributed by atoms with Gasteiger partial charge in [-0.1, -0.05) is 166 Å². The molecule has 308 valence electrons. The van der Waals surface area contributed by atoms with E-state index in [2.05, 4.69) is 44.2 Å². The normalized spacial score (nSPS) is 13.3. The molecule has 0 heterocycles. The second-order valence-corrected chi connectivity index (χ2v) is 15.6. The van der Waals surface area contributed by atoms with Gasteiger partial charge in [0.25, 0.3) is 0 Å². The molecule has 0 saturated heterocycles. The fourth-order valence-electron chi connectivity index (χ4n) is 6.25.